The lowest BCUT2D eigenvalue weighted by Gasteiger charge is -2.03. The summed E-state index contributed by atoms with van der Waals surface area (Å²) in [5.74, 6) is -0.242. The second kappa shape index (κ2) is 11.1. The van der Waals surface area contributed by atoms with E-state index in [4.69, 9.17) is 4.74 Å². The van der Waals surface area contributed by atoms with Gasteiger partial charge in [0.25, 0.3) is 0 Å². The Labute approximate surface area is 129 Å². The van der Waals surface area contributed by atoms with Crippen molar-refractivity contribution in [2.45, 2.75) is 58.8 Å². The standard InChI is InChI=1S/C19H28O2/c1-3-4-5-6-7-8-10-18-12-14-19(15-13-18)11-9-16-21-17(2)20/h9,11-15H,3-8,10,16H2,1-2H3/b11-9+. The Bertz CT molecular complexity index is 418. The van der Waals surface area contributed by atoms with E-state index >= 15 is 0 Å². The van der Waals surface area contributed by atoms with Gasteiger partial charge in [-0.2, -0.15) is 0 Å². The molecule has 0 bridgehead atoms. The van der Waals surface area contributed by atoms with Crippen LogP contribution in [0.3, 0.4) is 0 Å². The molecule has 1 rings (SSSR count). The maximum absolute atomic E-state index is 10.6. The fourth-order valence-electron chi connectivity index (χ4n) is 2.25. The maximum Gasteiger partial charge on any atom is 0.302 e. The number of aryl methyl sites for hydroxylation is 1. The molecule has 0 aliphatic rings. The highest BCUT2D eigenvalue weighted by Crippen LogP contribution is 2.11. The van der Waals surface area contributed by atoms with Gasteiger partial charge in [0.2, 0.25) is 0 Å². The summed E-state index contributed by atoms with van der Waals surface area (Å²) in [5, 5.41) is 0. The Morgan fingerprint density at radius 3 is 2.38 bits per heavy atom. The van der Waals surface area contributed by atoms with Gasteiger partial charge >= 0.3 is 5.97 Å². The number of hydrogen-bond acceptors (Lipinski definition) is 2. The van der Waals surface area contributed by atoms with Crippen molar-refractivity contribution in [2.24, 2.45) is 0 Å². The summed E-state index contributed by atoms with van der Waals surface area (Å²) >= 11 is 0. The predicted octanol–water partition coefficient (Wildman–Crippen LogP) is 5.17. The minimum Gasteiger partial charge on any atom is -0.462 e. The molecule has 0 saturated carbocycles. The quantitative estimate of drug-likeness (QED) is 0.439. The molecule has 1 aromatic carbocycles. The minimum absolute atomic E-state index is 0.242. The molecule has 0 atom stereocenters. The Morgan fingerprint density at radius 1 is 1.05 bits per heavy atom. The van der Waals surface area contributed by atoms with E-state index in [2.05, 4.69) is 31.2 Å². The third-order valence-electron chi connectivity index (χ3n) is 3.49. The van der Waals surface area contributed by atoms with Gasteiger partial charge < -0.3 is 4.74 Å². The highest BCUT2D eigenvalue weighted by molar-refractivity contribution is 5.66. The van der Waals surface area contributed by atoms with Crippen molar-refractivity contribution in [3.8, 4) is 0 Å². The number of rotatable bonds is 10. The van der Waals surface area contributed by atoms with Crippen LogP contribution in [0.1, 0.15) is 63.5 Å². The summed E-state index contributed by atoms with van der Waals surface area (Å²) in [6.45, 7) is 4.02. The molecule has 0 saturated heterocycles. The van der Waals surface area contributed by atoms with Crippen LogP contribution < -0.4 is 0 Å². The lowest BCUT2D eigenvalue weighted by Crippen LogP contribution is -1.97. The Hall–Kier alpha value is -1.57. The van der Waals surface area contributed by atoms with E-state index in [1.807, 2.05) is 12.2 Å². The van der Waals surface area contributed by atoms with Crippen LogP contribution in [0.4, 0.5) is 0 Å². The summed E-state index contributed by atoms with van der Waals surface area (Å²) < 4.78 is 4.85. The van der Waals surface area contributed by atoms with Crippen LogP contribution in [0.2, 0.25) is 0 Å². The lowest BCUT2D eigenvalue weighted by atomic mass is 10.0. The number of hydrogen-bond donors (Lipinski definition) is 0. The molecule has 1 aromatic rings. The highest BCUT2D eigenvalue weighted by Gasteiger charge is 1.95. The summed E-state index contributed by atoms with van der Waals surface area (Å²) in [5.41, 5.74) is 2.55. The molecule has 0 N–H and O–H groups in total. The van der Waals surface area contributed by atoms with E-state index in [9.17, 15) is 4.79 Å². The lowest BCUT2D eigenvalue weighted by molar-refractivity contribution is -0.139. The number of esters is 1. The van der Waals surface area contributed by atoms with E-state index in [-0.39, 0.29) is 5.97 Å². The van der Waals surface area contributed by atoms with Gasteiger partial charge in [0, 0.05) is 6.92 Å². The third kappa shape index (κ3) is 9.06. The predicted molar refractivity (Wildman–Crippen MR) is 89.2 cm³/mol. The van der Waals surface area contributed by atoms with Gasteiger partial charge in [-0.05, 0) is 30.0 Å². The highest BCUT2D eigenvalue weighted by atomic mass is 16.5. The van der Waals surface area contributed by atoms with Crippen LogP contribution in [-0.2, 0) is 16.0 Å². The van der Waals surface area contributed by atoms with E-state index < -0.39 is 0 Å². The van der Waals surface area contributed by atoms with Gasteiger partial charge in [0.1, 0.15) is 6.61 Å². The first-order chi connectivity index (χ1) is 10.2. The van der Waals surface area contributed by atoms with Crippen molar-refractivity contribution >= 4 is 12.0 Å². The molecule has 116 valence electrons. The maximum atomic E-state index is 10.6. The van der Waals surface area contributed by atoms with Crippen LogP contribution in [0.25, 0.3) is 6.08 Å². The normalized spacial score (nSPS) is 11.0. The molecule has 0 radical (unpaired) electrons. The molecule has 0 aliphatic heterocycles. The van der Waals surface area contributed by atoms with Gasteiger partial charge in [-0.1, -0.05) is 69.4 Å². The van der Waals surface area contributed by atoms with Crippen molar-refractivity contribution in [1.82, 2.24) is 0 Å². The number of carbonyl (C=O) groups is 1. The van der Waals surface area contributed by atoms with Crippen LogP contribution >= 0.6 is 0 Å². The van der Waals surface area contributed by atoms with Crippen molar-refractivity contribution in [2.75, 3.05) is 6.61 Å². The van der Waals surface area contributed by atoms with Crippen LogP contribution in [0.15, 0.2) is 30.3 Å². The molecule has 0 amide bonds. The van der Waals surface area contributed by atoms with Crippen molar-refractivity contribution in [3.05, 3.63) is 41.5 Å². The van der Waals surface area contributed by atoms with Crippen LogP contribution in [0, 0.1) is 0 Å². The minimum atomic E-state index is -0.242. The average Bonchev–Trinajstić information content (AvgIpc) is 2.48. The molecule has 0 aliphatic carbocycles. The molecule has 0 fully saturated rings. The van der Waals surface area contributed by atoms with E-state index in [0.717, 1.165) is 5.56 Å². The van der Waals surface area contributed by atoms with Gasteiger partial charge in [-0.15, -0.1) is 0 Å². The fourth-order valence-corrected chi connectivity index (χ4v) is 2.25. The third-order valence-corrected chi connectivity index (χ3v) is 3.49. The molecular weight excluding hydrogens is 260 g/mol. The first kappa shape index (κ1) is 17.5. The van der Waals surface area contributed by atoms with Gasteiger partial charge in [0.05, 0.1) is 0 Å². The average molecular weight is 288 g/mol. The monoisotopic (exact) mass is 288 g/mol. The SMILES string of the molecule is CCCCCCCCc1ccc(/C=C/COC(C)=O)cc1. The van der Waals surface area contributed by atoms with Crippen molar-refractivity contribution in [3.63, 3.8) is 0 Å². The first-order valence-electron chi connectivity index (χ1n) is 8.11. The van der Waals surface area contributed by atoms with Crippen molar-refractivity contribution < 1.29 is 9.53 Å². The topological polar surface area (TPSA) is 26.3 Å². The molecular formula is C19H28O2. The number of unbranched alkanes of at least 4 members (excludes halogenated alkanes) is 5. The van der Waals surface area contributed by atoms with E-state index in [1.165, 1.54) is 57.4 Å². The van der Waals surface area contributed by atoms with Crippen LogP contribution in [-0.4, -0.2) is 12.6 Å². The van der Waals surface area contributed by atoms with Gasteiger partial charge in [0.15, 0.2) is 0 Å². The summed E-state index contributed by atoms with van der Waals surface area (Å²) in [4.78, 5) is 10.6. The molecule has 2 heteroatoms. The Balaban J connectivity index is 2.22. The smallest absolute Gasteiger partial charge is 0.302 e. The summed E-state index contributed by atoms with van der Waals surface area (Å²) in [7, 11) is 0. The fraction of sp³-hybridized carbons (Fsp3) is 0.526. The molecule has 2 nitrogen and oxygen atoms in total. The number of ether oxygens (including phenoxy) is 1. The van der Waals surface area contributed by atoms with Gasteiger partial charge in [-0.25, -0.2) is 0 Å². The zero-order valence-corrected chi connectivity index (χ0v) is 13.4. The Kier molecular flexibility index (Phi) is 9.26. The van der Waals surface area contributed by atoms with Crippen molar-refractivity contribution in [1.29, 1.82) is 0 Å². The number of carbonyl (C=O) groups excluding carboxylic acids is 1. The molecule has 0 aromatic heterocycles. The first-order valence-corrected chi connectivity index (χ1v) is 8.11. The molecule has 0 spiro atoms. The summed E-state index contributed by atoms with van der Waals surface area (Å²) in [6, 6.07) is 8.63. The largest absolute Gasteiger partial charge is 0.462 e. The van der Waals surface area contributed by atoms with Crippen LogP contribution in [0.5, 0.6) is 0 Å². The summed E-state index contributed by atoms with van der Waals surface area (Å²) in [6.07, 6.45) is 13.1. The second-order valence-electron chi connectivity index (χ2n) is 5.46. The Morgan fingerprint density at radius 2 is 1.71 bits per heavy atom. The van der Waals surface area contributed by atoms with Gasteiger partial charge in [-0.3, -0.25) is 4.79 Å². The van der Waals surface area contributed by atoms with E-state index in [1.54, 1.807) is 0 Å². The zero-order chi connectivity index (χ0) is 15.3. The number of benzene rings is 1. The molecule has 0 heterocycles. The molecule has 0 unspecified atom stereocenters. The zero-order valence-electron chi connectivity index (χ0n) is 13.4. The van der Waals surface area contributed by atoms with E-state index in [0.29, 0.717) is 6.61 Å². The second-order valence-corrected chi connectivity index (χ2v) is 5.46. The molecule has 21 heavy (non-hydrogen) atoms.